The Balaban J connectivity index is 4.87. The van der Waals surface area contributed by atoms with Gasteiger partial charge in [-0.25, -0.2) is 9.65 Å². The first kappa shape index (κ1) is 30.6. The average Bonchev–Trinajstić information content (AvgIpc) is 2.67. The topological polar surface area (TPSA) is 131 Å². The minimum Gasteiger partial charge on any atom is -0.462 e. The Hall–Kier alpha value is -0.415. The smallest absolute Gasteiger partial charge is 0.406 e. The van der Waals surface area contributed by atoms with E-state index in [0.29, 0.717) is 12.8 Å². The van der Waals surface area contributed by atoms with Crippen LogP contribution in [0, 0.1) is 11.3 Å². The van der Waals surface area contributed by atoms with Crippen LogP contribution in [-0.4, -0.2) is 72.9 Å². The first-order chi connectivity index (χ1) is 14.2. The lowest BCUT2D eigenvalue weighted by Crippen LogP contribution is -2.35. The Kier molecular flexibility index (Phi) is 14.5. The molecule has 9 nitrogen and oxygen atoms in total. The monoisotopic (exact) mass is 481 g/mol. The van der Waals surface area contributed by atoms with Crippen molar-refractivity contribution in [2.45, 2.75) is 72.5 Å². The second-order valence-corrected chi connectivity index (χ2v) is 11.1. The summed E-state index contributed by atoms with van der Waals surface area (Å²) in [4.78, 5) is 24.1. The molecule has 12 heteroatoms. The van der Waals surface area contributed by atoms with E-state index in [2.05, 4.69) is 5.09 Å². The van der Waals surface area contributed by atoms with E-state index in [0.717, 1.165) is 11.8 Å². The van der Waals surface area contributed by atoms with E-state index in [1.165, 1.54) is 6.92 Å². The summed E-state index contributed by atoms with van der Waals surface area (Å²) in [7, 11) is 1.53. The first-order valence-corrected chi connectivity index (χ1v) is 12.9. The predicted octanol–water partition coefficient (Wildman–Crippen LogP) is 2.24. The Morgan fingerprint density at radius 3 is 2.26 bits per heavy atom. The van der Waals surface area contributed by atoms with Crippen molar-refractivity contribution in [3.8, 4) is 0 Å². The van der Waals surface area contributed by atoms with Crippen LogP contribution in [0.4, 0.5) is 0 Å². The molecule has 0 spiro atoms. The van der Waals surface area contributed by atoms with Crippen molar-refractivity contribution in [3.63, 3.8) is 0 Å². The lowest BCUT2D eigenvalue weighted by molar-refractivity contribution is -0.149. The molecule has 0 aliphatic carbocycles. The minimum atomic E-state index is -3.88. The molecule has 0 aromatic carbocycles. The molecule has 0 heterocycles. The molecule has 0 rings (SSSR count). The Morgan fingerprint density at radius 2 is 1.74 bits per heavy atom. The highest BCUT2D eigenvalue weighted by Gasteiger charge is 2.32. The second kappa shape index (κ2) is 14.7. The Morgan fingerprint density at radius 1 is 1.16 bits per heavy atom. The number of aliphatic hydroxyl groups is 2. The number of thioether (sulfide) groups is 1. The Labute approximate surface area is 191 Å². The molecular weight excluding hydrogens is 444 g/mol. The van der Waals surface area contributed by atoms with E-state index in [1.54, 1.807) is 34.6 Å². The van der Waals surface area contributed by atoms with Gasteiger partial charge in [-0.2, -0.15) is 0 Å². The van der Waals surface area contributed by atoms with Crippen LogP contribution in [0.2, 0.25) is 0 Å². The maximum Gasteiger partial charge on any atom is 0.406 e. The van der Waals surface area contributed by atoms with E-state index >= 15 is 0 Å². The number of esters is 1. The van der Waals surface area contributed by atoms with E-state index in [1.807, 2.05) is 0 Å². The number of nitrogens with one attached hydrogen (secondary N) is 1. The van der Waals surface area contributed by atoms with Crippen molar-refractivity contribution in [2.24, 2.45) is 11.3 Å². The second-order valence-electron chi connectivity index (χ2n) is 8.29. The number of carbonyl (C=O) groups is 2. The minimum absolute atomic E-state index is 0.0525. The highest BCUT2D eigenvalue weighted by atomic mass is 32.2. The molecule has 0 amide bonds. The molecular formula is C19H37BNO8PS. The third-order valence-electron chi connectivity index (χ3n) is 4.23. The van der Waals surface area contributed by atoms with Crippen LogP contribution in [0.3, 0.4) is 0 Å². The molecule has 31 heavy (non-hydrogen) atoms. The summed E-state index contributed by atoms with van der Waals surface area (Å²) in [6.07, 6.45) is 0.676. The van der Waals surface area contributed by atoms with Gasteiger partial charge in [0.2, 0.25) is 0 Å². The van der Waals surface area contributed by atoms with Gasteiger partial charge in [-0.3, -0.25) is 18.6 Å². The van der Waals surface area contributed by atoms with Crippen molar-refractivity contribution in [1.82, 2.24) is 5.09 Å². The van der Waals surface area contributed by atoms with Gasteiger partial charge < -0.3 is 14.9 Å². The summed E-state index contributed by atoms with van der Waals surface area (Å²) >= 11 is 0.956. The lowest BCUT2D eigenvalue weighted by atomic mass is 9.85. The molecule has 2 radical (unpaired) electrons. The predicted molar refractivity (Wildman–Crippen MR) is 122 cm³/mol. The number of hydrogen-bond acceptors (Lipinski definition) is 9. The quantitative estimate of drug-likeness (QED) is 0.131. The van der Waals surface area contributed by atoms with Gasteiger partial charge in [0.1, 0.15) is 13.9 Å². The molecule has 0 aliphatic heterocycles. The average molecular weight is 481 g/mol. The molecule has 180 valence electrons. The zero-order valence-electron chi connectivity index (χ0n) is 19.3. The lowest BCUT2D eigenvalue weighted by Gasteiger charge is -2.24. The summed E-state index contributed by atoms with van der Waals surface area (Å²) in [5.41, 5.74) is -0.886. The molecule has 0 saturated carbocycles. The van der Waals surface area contributed by atoms with Gasteiger partial charge in [-0.05, 0) is 53.4 Å². The largest absolute Gasteiger partial charge is 0.462 e. The summed E-state index contributed by atoms with van der Waals surface area (Å²) in [6.45, 7) is 9.61. The van der Waals surface area contributed by atoms with Crippen LogP contribution in [0.15, 0.2) is 0 Å². The fourth-order valence-electron chi connectivity index (χ4n) is 2.05. The molecule has 0 aliphatic rings. The van der Waals surface area contributed by atoms with Crippen LogP contribution < -0.4 is 5.09 Å². The summed E-state index contributed by atoms with van der Waals surface area (Å²) in [5, 5.41) is 20.9. The summed E-state index contributed by atoms with van der Waals surface area (Å²) in [6, 6.07) is -1.90. The SMILES string of the molecule is [B]C(O)C(C)CCCOP(=O)(NC(C)C(=O)OC(C)C)OCCSC(=O)C(C)(C)CO. The third kappa shape index (κ3) is 13.0. The van der Waals surface area contributed by atoms with Crippen molar-refractivity contribution in [1.29, 1.82) is 0 Å². The van der Waals surface area contributed by atoms with E-state index in [9.17, 15) is 24.4 Å². The zero-order valence-corrected chi connectivity index (χ0v) is 21.0. The van der Waals surface area contributed by atoms with Gasteiger partial charge in [0.15, 0.2) is 5.12 Å². The Bertz CT molecular complexity index is 605. The van der Waals surface area contributed by atoms with Gasteiger partial charge in [0.25, 0.3) is 0 Å². The number of rotatable bonds is 16. The van der Waals surface area contributed by atoms with Crippen molar-refractivity contribution >= 4 is 38.4 Å². The van der Waals surface area contributed by atoms with E-state index in [4.69, 9.17) is 21.6 Å². The first-order valence-electron chi connectivity index (χ1n) is 10.3. The van der Waals surface area contributed by atoms with Crippen LogP contribution in [-0.2, 0) is 27.9 Å². The van der Waals surface area contributed by atoms with E-state index in [-0.39, 0.29) is 42.7 Å². The third-order valence-corrected chi connectivity index (χ3v) is 7.16. The van der Waals surface area contributed by atoms with Gasteiger partial charge in [-0.15, -0.1) is 0 Å². The van der Waals surface area contributed by atoms with Gasteiger partial charge in [0, 0.05) is 11.8 Å². The van der Waals surface area contributed by atoms with Crippen molar-refractivity contribution in [3.05, 3.63) is 0 Å². The molecule has 4 unspecified atom stereocenters. The van der Waals surface area contributed by atoms with Crippen LogP contribution in [0.1, 0.15) is 54.4 Å². The molecule has 3 N–H and O–H groups in total. The van der Waals surface area contributed by atoms with Crippen molar-refractivity contribution < 1.29 is 38.2 Å². The summed E-state index contributed by atoms with van der Waals surface area (Å²) < 4.78 is 29.1. The molecule has 0 aromatic heterocycles. The van der Waals surface area contributed by atoms with Gasteiger partial charge in [-0.1, -0.05) is 18.7 Å². The molecule has 0 aromatic rings. The fourth-order valence-corrected chi connectivity index (χ4v) is 4.48. The highest BCUT2D eigenvalue weighted by Crippen LogP contribution is 2.44. The molecule has 4 atom stereocenters. The zero-order chi connectivity index (χ0) is 24.2. The van der Waals surface area contributed by atoms with Crippen LogP contribution in [0.25, 0.3) is 0 Å². The maximum absolute atomic E-state index is 13.1. The van der Waals surface area contributed by atoms with Crippen LogP contribution >= 0.6 is 19.5 Å². The number of hydrogen-bond donors (Lipinski definition) is 3. The van der Waals surface area contributed by atoms with Crippen LogP contribution in [0.5, 0.6) is 0 Å². The highest BCUT2D eigenvalue weighted by molar-refractivity contribution is 8.13. The van der Waals surface area contributed by atoms with E-state index < -0.39 is 31.2 Å². The molecule has 0 bridgehead atoms. The molecule has 0 fully saturated rings. The normalized spacial score (nSPS) is 17.1. The summed E-state index contributed by atoms with van der Waals surface area (Å²) in [5.74, 6) is -0.566. The van der Waals surface area contributed by atoms with Gasteiger partial charge >= 0.3 is 13.7 Å². The molecule has 0 saturated heterocycles. The standard InChI is InChI=1S/C19H37BNO8PS/c1-13(2)29-17(24)15(4)21-30(26,27-9-7-8-14(3)16(20)23)28-10-11-31-18(25)19(5,6)12-22/h13-16,22-23H,7-12H2,1-6H3,(H,21,26). The number of ether oxygens (including phenoxy) is 1. The number of carbonyl (C=O) groups excluding carboxylic acids is 2. The fraction of sp³-hybridized carbons (Fsp3) is 0.895. The number of aliphatic hydroxyl groups excluding tert-OH is 2. The van der Waals surface area contributed by atoms with Gasteiger partial charge in [0.05, 0.1) is 31.3 Å². The maximum atomic E-state index is 13.1. The van der Waals surface area contributed by atoms with Crippen molar-refractivity contribution in [2.75, 3.05) is 25.6 Å².